The quantitative estimate of drug-likeness (QED) is 0.850. The molecule has 2 rings (SSSR count). The number of rotatable bonds is 3. The molecule has 5 nitrogen and oxygen atoms in total. The summed E-state index contributed by atoms with van der Waals surface area (Å²) in [5.74, 6) is 0.193. The fourth-order valence-electron chi connectivity index (χ4n) is 2.77. The number of nitrogens with zero attached hydrogens (tertiary/aromatic N) is 2. The molecular weight excluding hydrogens is 240 g/mol. The monoisotopic (exact) mass is 262 g/mol. The van der Waals surface area contributed by atoms with E-state index in [4.69, 9.17) is 11.5 Å². The normalized spacial score (nSPS) is 16.7. The Kier molecular flexibility index (Phi) is 4.04. The second-order valence-electron chi connectivity index (χ2n) is 5.27. The summed E-state index contributed by atoms with van der Waals surface area (Å²) in [5.41, 5.74) is 14.3. The van der Waals surface area contributed by atoms with Crippen LogP contribution >= 0.6 is 0 Å². The minimum absolute atomic E-state index is 0.402. The summed E-state index contributed by atoms with van der Waals surface area (Å²) >= 11 is 0. The van der Waals surface area contributed by atoms with Gasteiger partial charge < -0.3 is 16.4 Å². The molecule has 1 aromatic heterocycles. The van der Waals surface area contributed by atoms with Crippen LogP contribution in [0.1, 0.15) is 34.6 Å². The van der Waals surface area contributed by atoms with Gasteiger partial charge in [-0.1, -0.05) is 0 Å². The van der Waals surface area contributed by atoms with Gasteiger partial charge in [-0.2, -0.15) is 0 Å². The highest BCUT2D eigenvalue weighted by atomic mass is 16.1. The first kappa shape index (κ1) is 13.8. The number of nitrogens with two attached hydrogens (primary N) is 2. The zero-order valence-electron chi connectivity index (χ0n) is 11.6. The van der Waals surface area contributed by atoms with Crippen molar-refractivity contribution in [2.24, 2.45) is 17.4 Å². The first-order chi connectivity index (χ1) is 9.02. The largest absolute Gasteiger partial charge is 0.371 e. The number of piperidine rings is 1. The lowest BCUT2D eigenvalue weighted by Crippen LogP contribution is -2.37. The van der Waals surface area contributed by atoms with E-state index in [-0.39, 0.29) is 0 Å². The Morgan fingerprint density at radius 3 is 2.58 bits per heavy atom. The molecule has 0 unspecified atom stereocenters. The first-order valence-corrected chi connectivity index (χ1v) is 6.76. The van der Waals surface area contributed by atoms with E-state index in [0.29, 0.717) is 17.2 Å². The van der Waals surface area contributed by atoms with Crippen LogP contribution in [0.5, 0.6) is 0 Å². The van der Waals surface area contributed by atoms with Crippen molar-refractivity contribution in [3.63, 3.8) is 0 Å². The maximum Gasteiger partial charge on any atom is 0.252 e. The predicted molar refractivity (Wildman–Crippen MR) is 76.2 cm³/mol. The second kappa shape index (κ2) is 5.57. The summed E-state index contributed by atoms with van der Waals surface area (Å²) in [6, 6.07) is 1.95. The molecular formula is C14H22N4O. The second-order valence-corrected chi connectivity index (χ2v) is 5.27. The smallest absolute Gasteiger partial charge is 0.252 e. The number of carbonyl (C=O) groups excluding carboxylic acids is 1. The molecule has 1 fully saturated rings. The van der Waals surface area contributed by atoms with Crippen molar-refractivity contribution in [3.8, 4) is 0 Å². The van der Waals surface area contributed by atoms with E-state index >= 15 is 0 Å². The number of primary amides is 1. The summed E-state index contributed by atoms with van der Waals surface area (Å²) < 4.78 is 0. The van der Waals surface area contributed by atoms with Gasteiger partial charge in [0.25, 0.3) is 5.91 Å². The van der Waals surface area contributed by atoms with Crippen LogP contribution in [0.25, 0.3) is 0 Å². The molecule has 0 atom stereocenters. The SMILES string of the molecule is Cc1cc(N2CCC(CN)CC2)c(C(N)=O)c(C)n1. The van der Waals surface area contributed by atoms with Gasteiger partial charge in [-0.05, 0) is 45.2 Å². The standard InChI is InChI=1S/C14H22N4O/c1-9-7-12(13(14(16)19)10(2)17-9)18-5-3-11(8-15)4-6-18/h7,11H,3-6,8,15H2,1-2H3,(H2,16,19). The molecule has 1 aromatic rings. The first-order valence-electron chi connectivity index (χ1n) is 6.76. The van der Waals surface area contributed by atoms with Crippen LogP contribution in [0, 0.1) is 19.8 Å². The van der Waals surface area contributed by atoms with E-state index < -0.39 is 5.91 Å². The number of aryl methyl sites for hydroxylation is 2. The van der Waals surface area contributed by atoms with Gasteiger partial charge in [-0.3, -0.25) is 9.78 Å². The van der Waals surface area contributed by atoms with Gasteiger partial charge in [0, 0.05) is 18.8 Å². The van der Waals surface area contributed by atoms with Crippen molar-refractivity contribution in [1.29, 1.82) is 0 Å². The van der Waals surface area contributed by atoms with Crippen molar-refractivity contribution in [1.82, 2.24) is 4.98 Å². The molecule has 4 N–H and O–H groups in total. The van der Waals surface area contributed by atoms with Gasteiger partial charge in [-0.25, -0.2) is 0 Å². The van der Waals surface area contributed by atoms with Crippen LogP contribution in [0.2, 0.25) is 0 Å². The lowest BCUT2D eigenvalue weighted by molar-refractivity contribution is 0.0999. The van der Waals surface area contributed by atoms with E-state index in [1.54, 1.807) is 0 Å². The van der Waals surface area contributed by atoms with E-state index in [0.717, 1.165) is 43.9 Å². The van der Waals surface area contributed by atoms with Gasteiger partial charge in [-0.15, -0.1) is 0 Å². The zero-order valence-corrected chi connectivity index (χ0v) is 11.6. The molecule has 104 valence electrons. The van der Waals surface area contributed by atoms with Crippen LogP contribution in [0.3, 0.4) is 0 Å². The lowest BCUT2D eigenvalue weighted by atomic mass is 9.96. The van der Waals surface area contributed by atoms with Gasteiger partial charge in [0.05, 0.1) is 16.9 Å². The Balaban J connectivity index is 2.31. The predicted octanol–water partition coefficient (Wildman–Crippen LogP) is 0.972. The van der Waals surface area contributed by atoms with Crippen LogP contribution in [0.15, 0.2) is 6.07 Å². The highest BCUT2D eigenvalue weighted by molar-refractivity contribution is 5.99. The lowest BCUT2D eigenvalue weighted by Gasteiger charge is -2.34. The molecule has 0 aliphatic carbocycles. The number of aromatic nitrogens is 1. The molecule has 19 heavy (non-hydrogen) atoms. The van der Waals surface area contributed by atoms with Gasteiger partial charge in [0.2, 0.25) is 0 Å². The third-order valence-corrected chi connectivity index (χ3v) is 3.84. The minimum atomic E-state index is -0.402. The molecule has 0 bridgehead atoms. The summed E-state index contributed by atoms with van der Waals surface area (Å²) in [5, 5.41) is 0. The molecule has 0 radical (unpaired) electrons. The summed E-state index contributed by atoms with van der Waals surface area (Å²) in [6.45, 7) is 6.36. The molecule has 1 saturated heterocycles. The van der Waals surface area contributed by atoms with Crippen LogP contribution in [-0.2, 0) is 0 Å². The van der Waals surface area contributed by atoms with Crippen molar-refractivity contribution < 1.29 is 4.79 Å². The molecule has 0 aromatic carbocycles. The number of carbonyl (C=O) groups is 1. The maximum atomic E-state index is 11.7. The molecule has 1 amide bonds. The number of anilines is 1. The van der Waals surface area contributed by atoms with Crippen molar-refractivity contribution >= 4 is 11.6 Å². The average Bonchev–Trinajstić information content (AvgIpc) is 2.37. The van der Waals surface area contributed by atoms with Crippen LogP contribution in [0.4, 0.5) is 5.69 Å². The fourth-order valence-corrected chi connectivity index (χ4v) is 2.77. The molecule has 0 spiro atoms. The average molecular weight is 262 g/mol. The molecule has 1 aliphatic heterocycles. The third kappa shape index (κ3) is 2.87. The number of amides is 1. The van der Waals surface area contributed by atoms with Crippen molar-refractivity contribution in [3.05, 3.63) is 23.0 Å². The number of pyridine rings is 1. The van der Waals surface area contributed by atoms with E-state index in [9.17, 15) is 4.79 Å². The fraction of sp³-hybridized carbons (Fsp3) is 0.571. The Morgan fingerprint density at radius 2 is 2.05 bits per heavy atom. The number of hydrogen-bond acceptors (Lipinski definition) is 4. The Hall–Kier alpha value is -1.62. The van der Waals surface area contributed by atoms with Crippen molar-refractivity contribution in [2.45, 2.75) is 26.7 Å². The minimum Gasteiger partial charge on any atom is -0.371 e. The Morgan fingerprint density at radius 1 is 1.42 bits per heavy atom. The summed E-state index contributed by atoms with van der Waals surface area (Å²) in [4.78, 5) is 18.2. The topological polar surface area (TPSA) is 85.2 Å². The van der Waals surface area contributed by atoms with Gasteiger partial charge >= 0.3 is 0 Å². The van der Waals surface area contributed by atoms with Crippen LogP contribution in [-0.4, -0.2) is 30.5 Å². The highest BCUT2D eigenvalue weighted by Gasteiger charge is 2.23. The molecule has 0 saturated carbocycles. The molecule has 2 heterocycles. The maximum absolute atomic E-state index is 11.7. The van der Waals surface area contributed by atoms with Gasteiger partial charge in [0.1, 0.15) is 0 Å². The van der Waals surface area contributed by atoms with E-state index in [1.807, 2.05) is 19.9 Å². The number of hydrogen-bond donors (Lipinski definition) is 2. The summed E-state index contributed by atoms with van der Waals surface area (Å²) in [7, 11) is 0. The third-order valence-electron chi connectivity index (χ3n) is 3.84. The zero-order chi connectivity index (χ0) is 14.0. The molecule has 1 aliphatic rings. The Bertz CT molecular complexity index is 479. The van der Waals surface area contributed by atoms with E-state index in [2.05, 4.69) is 9.88 Å². The van der Waals surface area contributed by atoms with Crippen LogP contribution < -0.4 is 16.4 Å². The Labute approximate surface area is 114 Å². The summed E-state index contributed by atoms with van der Waals surface area (Å²) in [6.07, 6.45) is 2.13. The van der Waals surface area contributed by atoms with Crippen molar-refractivity contribution in [2.75, 3.05) is 24.5 Å². The molecule has 5 heteroatoms. The highest BCUT2D eigenvalue weighted by Crippen LogP contribution is 2.28. The van der Waals surface area contributed by atoms with E-state index in [1.165, 1.54) is 0 Å². The van der Waals surface area contributed by atoms with Gasteiger partial charge in [0.15, 0.2) is 0 Å².